The summed E-state index contributed by atoms with van der Waals surface area (Å²) in [6.07, 6.45) is 4.14. The molecule has 1 amide bonds. The second-order valence-electron chi connectivity index (χ2n) is 8.26. The van der Waals surface area contributed by atoms with Crippen LogP contribution in [0.1, 0.15) is 23.2 Å². The Balaban J connectivity index is 1.50. The fourth-order valence-corrected chi connectivity index (χ4v) is 4.65. The van der Waals surface area contributed by atoms with Gasteiger partial charge in [-0.3, -0.25) is 14.4 Å². The fourth-order valence-electron chi connectivity index (χ4n) is 4.09. The average molecular weight is 531 g/mol. The van der Waals surface area contributed by atoms with E-state index in [9.17, 15) is 9.18 Å². The van der Waals surface area contributed by atoms with Gasteiger partial charge in [0, 0.05) is 50.6 Å². The monoisotopic (exact) mass is 530 g/mol. The summed E-state index contributed by atoms with van der Waals surface area (Å²) in [5.74, 6) is 0.00322. The highest BCUT2D eigenvalue weighted by molar-refractivity contribution is 9.10. The number of anilines is 1. The van der Waals surface area contributed by atoms with E-state index in [1.54, 1.807) is 24.1 Å². The maximum atomic E-state index is 13.2. The van der Waals surface area contributed by atoms with Crippen LogP contribution >= 0.6 is 15.9 Å². The minimum absolute atomic E-state index is 0.317. The zero-order chi connectivity index (χ0) is 24.1. The number of hydrogen-bond donors (Lipinski definition) is 1. The number of rotatable bonds is 8. The Morgan fingerprint density at radius 3 is 2.59 bits per heavy atom. The highest BCUT2D eigenvalue weighted by atomic mass is 79.9. The van der Waals surface area contributed by atoms with Crippen molar-refractivity contribution in [1.29, 1.82) is 0 Å². The smallest absolute Gasteiger partial charge is 0.255 e. The van der Waals surface area contributed by atoms with Crippen molar-refractivity contribution < 1.29 is 18.7 Å². The van der Waals surface area contributed by atoms with Gasteiger partial charge in [0.15, 0.2) is 0 Å². The molecule has 1 saturated heterocycles. The topological polar surface area (TPSA) is 68.6 Å². The quantitative estimate of drug-likeness (QED) is 0.455. The molecular formula is C25H28BrFN4O3. The molecule has 0 bridgehead atoms. The number of nitrogens with one attached hydrogen (secondary N) is 1. The third-order valence-electron chi connectivity index (χ3n) is 6.03. The van der Waals surface area contributed by atoms with Crippen LogP contribution in [0.15, 0.2) is 53.1 Å². The Labute approximate surface area is 207 Å². The van der Waals surface area contributed by atoms with E-state index in [1.165, 1.54) is 24.3 Å². The molecule has 0 atom stereocenters. The van der Waals surface area contributed by atoms with Gasteiger partial charge in [-0.1, -0.05) is 0 Å². The van der Waals surface area contributed by atoms with Gasteiger partial charge in [-0.15, -0.1) is 0 Å². The number of nitrogens with zero attached hydrogens (tertiary/aromatic N) is 3. The summed E-state index contributed by atoms with van der Waals surface area (Å²) in [4.78, 5) is 15.0. The summed E-state index contributed by atoms with van der Waals surface area (Å²) in [5.41, 5.74) is 2.63. The molecule has 4 rings (SSSR count). The summed E-state index contributed by atoms with van der Waals surface area (Å²) in [6, 6.07) is 11.0. The maximum absolute atomic E-state index is 13.2. The summed E-state index contributed by atoms with van der Waals surface area (Å²) < 4.78 is 27.4. The Morgan fingerprint density at radius 1 is 1.21 bits per heavy atom. The lowest BCUT2D eigenvalue weighted by molar-refractivity contribution is 0.0375. The number of halogens is 2. The Morgan fingerprint density at radius 2 is 1.94 bits per heavy atom. The van der Waals surface area contributed by atoms with Gasteiger partial charge in [-0.2, -0.15) is 5.10 Å². The Bertz CT molecular complexity index is 1110. The first-order valence-corrected chi connectivity index (χ1v) is 12.0. The number of likely N-dealkylation sites (tertiary alicyclic amines) is 1. The number of aryl methyl sites for hydroxylation is 1. The second-order valence-corrected chi connectivity index (χ2v) is 9.12. The van der Waals surface area contributed by atoms with E-state index in [2.05, 4.69) is 31.2 Å². The SMILES string of the molecule is COC1CCN(CCOc2ccc(NC(=O)c3ccc(F)cc3)cc2-c2c(Br)cnn2C)CC1. The lowest BCUT2D eigenvalue weighted by atomic mass is 10.1. The molecule has 34 heavy (non-hydrogen) atoms. The molecule has 0 unspecified atom stereocenters. The predicted octanol–water partition coefficient (Wildman–Crippen LogP) is 4.73. The van der Waals surface area contributed by atoms with Gasteiger partial charge < -0.3 is 14.8 Å². The van der Waals surface area contributed by atoms with E-state index in [0.717, 1.165) is 48.2 Å². The van der Waals surface area contributed by atoms with Gasteiger partial charge in [0.25, 0.3) is 5.91 Å². The molecule has 3 aromatic rings. The van der Waals surface area contributed by atoms with Crippen molar-refractivity contribution in [2.75, 3.05) is 38.7 Å². The first-order chi connectivity index (χ1) is 16.4. The number of carbonyl (C=O) groups excluding carboxylic acids is 1. The van der Waals surface area contributed by atoms with Crippen molar-refractivity contribution in [2.45, 2.75) is 18.9 Å². The molecular weight excluding hydrogens is 503 g/mol. The predicted molar refractivity (Wildman–Crippen MR) is 133 cm³/mol. The van der Waals surface area contributed by atoms with E-state index in [4.69, 9.17) is 9.47 Å². The zero-order valence-electron chi connectivity index (χ0n) is 19.3. The molecule has 2 heterocycles. The van der Waals surface area contributed by atoms with Crippen LogP contribution in [0.25, 0.3) is 11.3 Å². The Hall–Kier alpha value is -2.75. The summed E-state index contributed by atoms with van der Waals surface area (Å²) in [6.45, 7) is 3.36. The number of ether oxygens (including phenoxy) is 2. The first kappa shape index (κ1) is 24.4. The first-order valence-electron chi connectivity index (χ1n) is 11.2. The van der Waals surface area contributed by atoms with Crippen LogP contribution in [-0.4, -0.2) is 60.0 Å². The van der Waals surface area contributed by atoms with E-state index >= 15 is 0 Å². The number of methoxy groups -OCH3 is 1. The van der Waals surface area contributed by atoms with Gasteiger partial charge in [0.2, 0.25) is 0 Å². The second kappa shape index (κ2) is 11.1. The van der Waals surface area contributed by atoms with E-state index in [0.29, 0.717) is 29.7 Å². The summed E-state index contributed by atoms with van der Waals surface area (Å²) in [5, 5.41) is 7.20. The van der Waals surface area contributed by atoms with Crippen LogP contribution in [0.3, 0.4) is 0 Å². The lowest BCUT2D eigenvalue weighted by Crippen LogP contribution is -2.38. The Kier molecular flexibility index (Phi) is 7.97. The van der Waals surface area contributed by atoms with Crippen LogP contribution in [0.2, 0.25) is 0 Å². The number of piperidine rings is 1. The largest absolute Gasteiger partial charge is 0.492 e. The minimum atomic E-state index is -0.385. The normalized spacial score (nSPS) is 14.8. The van der Waals surface area contributed by atoms with E-state index < -0.39 is 0 Å². The van der Waals surface area contributed by atoms with Crippen molar-refractivity contribution in [3.8, 4) is 17.0 Å². The van der Waals surface area contributed by atoms with Crippen LogP contribution in [-0.2, 0) is 11.8 Å². The van der Waals surface area contributed by atoms with Crippen molar-refractivity contribution in [1.82, 2.24) is 14.7 Å². The molecule has 9 heteroatoms. The van der Waals surface area contributed by atoms with Crippen molar-refractivity contribution >= 4 is 27.5 Å². The van der Waals surface area contributed by atoms with Crippen LogP contribution in [0.5, 0.6) is 5.75 Å². The zero-order valence-corrected chi connectivity index (χ0v) is 20.8. The maximum Gasteiger partial charge on any atom is 0.255 e. The molecule has 0 spiro atoms. The number of carbonyl (C=O) groups is 1. The third-order valence-corrected chi connectivity index (χ3v) is 6.61. The third kappa shape index (κ3) is 5.84. The highest BCUT2D eigenvalue weighted by Crippen LogP contribution is 2.37. The van der Waals surface area contributed by atoms with Crippen molar-refractivity contribution in [2.24, 2.45) is 7.05 Å². The number of aromatic nitrogens is 2. The molecule has 180 valence electrons. The molecule has 1 aliphatic rings. The van der Waals surface area contributed by atoms with Crippen molar-refractivity contribution in [3.05, 3.63) is 64.5 Å². The highest BCUT2D eigenvalue weighted by Gasteiger charge is 2.20. The fraction of sp³-hybridized carbons (Fsp3) is 0.360. The van der Waals surface area contributed by atoms with Gasteiger partial charge in [-0.05, 0) is 71.2 Å². The average Bonchev–Trinajstić information content (AvgIpc) is 3.18. The van der Waals surface area contributed by atoms with E-state index in [1.807, 2.05) is 19.2 Å². The molecule has 1 aromatic heterocycles. The minimum Gasteiger partial charge on any atom is -0.492 e. The number of hydrogen-bond acceptors (Lipinski definition) is 5. The van der Waals surface area contributed by atoms with Crippen LogP contribution in [0, 0.1) is 5.82 Å². The van der Waals surface area contributed by atoms with Gasteiger partial charge in [0.05, 0.1) is 22.5 Å². The molecule has 0 aliphatic carbocycles. The van der Waals surface area contributed by atoms with Gasteiger partial charge in [0.1, 0.15) is 18.2 Å². The molecule has 2 aromatic carbocycles. The van der Waals surface area contributed by atoms with Crippen molar-refractivity contribution in [3.63, 3.8) is 0 Å². The number of benzene rings is 2. The van der Waals surface area contributed by atoms with Gasteiger partial charge >= 0.3 is 0 Å². The van der Waals surface area contributed by atoms with E-state index in [-0.39, 0.29) is 11.7 Å². The molecule has 0 saturated carbocycles. The van der Waals surface area contributed by atoms with Crippen LogP contribution in [0.4, 0.5) is 10.1 Å². The number of amides is 1. The molecule has 1 fully saturated rings. The summed E-state index contributed by atoms with van der Waals surface area (Å²) in [7, 11) is 3.63. The molecule has 7 nitrogen and oxygen atoms in total. The van der Waals surface area contributed by atoms with Gasteiger partial charge in [-0.25, -0.2) is 4.39 Å². The molecule has 1 N–H and O–H groups in total. The molecule has 0 radical (unpaired) electrons. The standard InChI is InChI=1S/C25H28BrFN4O3/c1-30-24(22(26)16-28-30)21-15-19(29-25(32)17-3-5-18(27)6-4-17)7-8-23(21)34-14-13-31-11-9-20(33-2)10-12-31/h3-8,15-16,20H,9-14H2,1-2H3,(H,29,32). The molecule has 1 aliphatic heterocycles. The van der Waals surface area contributed by atoms with Crippen LogP contribution < -0.4 is 10.1 Å². The summed E-state index contributed by atoms with van der Waals surface area (Å²) >= 11 is 3.57. The lowest BCUT2D eigenvalue weighted by Gasteiger charge is -2.31.